The van der Waals surface area contributed by atoms with E-state index in [4.69, 9.17) is 5.73 Å². The van der Waals surface area contributed by atoms with E-state index < -0.39 is 0 Å². The lowest BCUT2D eigenvalue weighted by atomic mass is 9.92. The summed E-state index contributed by atoms with van der Waals surface area (Å²) < 4.78 is 0. The standard InChI is InChI=1S/C11H14N4S/c1-11(2,3)7-6-8(12)15-9(14-7)10-13-4-5-16-10/h4-6H,1-3H3,(H2,12,14,15). The van der Waals surface area contributed by atoms with Crippen molar-refractivity contribution in [3.8, 4) is 10.8 Å². The molecule has 2 aromatic rings. The van der Waals surface area contributed by atoms with Gasteiger partial charge in [-0.1, -0.05) is 20.8 Å². The van der Waals surface area contributed by atoms with Crippen LogP contribution in [0.2, 0.25) is 0 Å². The average Bonchev–Trinajstić information content (AvgIpc) is 2.68. The van der Waals surface area contributed by atoms with Crippen LogP contribution < -0.4 is 5.73 Å². The van der Waals surface area contributed by atoms with E-state index in [9.17, 15) is 0 Å². The molecule has 4 nitrogen and oxygen atoms in total. The predicted octanol–water partition coefficient (Wildman–Crippen LogP) is 2.48. The van der Waals surface area contributed by atoms with Gasteiger partial charge in [-0.05, 0) is 0 Å². The summed E-state index contributed by atoms with van der Waals surface area (Å²) >= 11 is 1.51. The van der Waals surface area contributed by atoms with Crippen molar-refractivity contribution in [3.05, 3.63) is 23.3 Å². The van der Waals surface area contributed by atoms with Gasteiger partial charge in [-0.3, -0.25) is 0 Å². The second-order valence-corrected chi connectivity index (χ2v) is 5.48. The lowest BCUT2D eigenvalue weighted by molar-refractivity contribution is 0.568. The fraction of sp³-hybridized carbons (Fsp3) is 0.364. The second kappa shape index (κ2) is 3.83. The molecule has 2 aromatic heterocycles. The monoisotopic (exact) mass is 234 g/mol. The summed E-state index contributed by atoms with van der Waals surface area (Å²) in [7, 11) is 0. The maximum absolute atomic E-state index is 5.79. The Morgan fingerprint density at radius 3 is 2.56 bits per heavy atom. The van der Waals surface area contributed by atoms with Gasteiger partial charge < -0.3 is 5.73 Å². The molecule has 0 saturated carbocycles. The van der Waals surface area contributed by atoms with E-state index in [1.54, 1.807) is 6.20 Å². The highest BCUT2D eigenvalue weighted by Crippen LogP contribution is 2.25. The fourth-order valence-corrected chi connectivity index (χ4v) is 1.85. The van der Waals surface area contributed by atoms with Crippen molar-refractivity contribution in [3.63, 3.8) is 0 Å². The van der Waals surface area contributed by atoms with E-state index in [2.05, 4.69) is 35.7 Å². The van der Waals surface area contributed by atoms with Crippen LogP contribution in [0.25, 0.3) is 10.8 Å². The molecule has 0 aliphatic rings. The smallest absolute Gasteiger partial charge is 0.190 e. The number of hydrogen-bond donors (Lipinski definition) is 1. The van der Waals surface area contributed by atoms with E-state index in [1.807, 2.05) is 11.4 Å². The minimum absolute atomic E-state index is 0.0386. The summed E-state index contributed by atoms with van der Waals surface area (Å²) in [5.74, 6) is 1.10. The third-order valence-corrected chi connectivity index (χ3v) is 2.91. The van der Waals surface area contributed by atoms with E-state index in [0.29, 0.717) is 11.6 Å². The van der Waals surface area contributed by atoms with E-state index in [0.717, 1.165) is 10.7 Å². The number of thiazole rings is 1. The zero-order valence-electron chi connectivity index (χ0n) is 9.56. The molecule has 2 heterocycles. The predicted molar refractivity (Wildman–Crippen MR) is 66.3 cm³/mol. The lowest BCUT2D eigenvalue weighted by Crippen LogP contribution is -2.15. The minimum atomic E-state index is -0.0386. The quantitative estimate of drug-likeness (QED) is 0.823. The van der Waals surface area contributed by atoms with Gasteiger partial charge in [0, 0.05) is 23.1 Å². The van der Waals surface area contributed by atoms with Crippen molar-refractivity contribution in [2.75, 3.05) is 5.73 Å². The second-order valence-electron chi connectivity index (χ2n) is 4.59. The van der Waals surface area contributed by atoms with Crippen LogP contribution in [0, 0.1) is 0 Å². The van der Waals surface area contributed by atoms with Gasteiger partial charge in [0.05, 0.1) is 5.69 Å². The molecule has 0 fully saturated rings. The first-order valence-electron chi connectivity index (χ1n) is 5.02. The van der Waals surface area contributed by atoms with Crippen LogP contribution in [-0.4, -0.2) is 15.0 Å². The topological polar surface area (TPSA) is 64.7 Å². The number of nitrogens with zero attached hydrogens (tertiary/aromatic N) is 3. The molecule has 0 spiro atoms. The van der Waals surface area contributed by atoms with Gasteiger partial charge >= 0.3 is 0 Å². The van der Waals surface area contributed by atoms with Crippen LogP contribution >= 0.6 is 11.3 Å². The lowest BCUT2D eigenvalue weighted by Gasteiger charge is -2.18. The summed E-state index contributed by atoms with van der Waals surface area (Å²) in [6, 6.07) is 1.82. The molecule has 0 bridgehead atoms. The molecule has 16 heavy (non-hydrogen) atoms. The highest BCUT2D eigenvalue weighted by molar-refractivity contribution is 7.13. The van der Waals surface area contributed by atoms with Gasteiger partial charge in [0.1, 0.15) is 5.82 Å². The SMILES string of the molecule is CC(C)(C)c1cc(N)nc(-c2nccs2)n1. The molecule has 0 amide bonds. The minimum Gasteiger partial charge on any atom is -0.384 e. The number of rotatable bonds is 1. The number of aromatic nitrogens is 3. The van der Waals surface area contributed by atoms with Crippen molar-refractivity contribution in [2.45, 2.75) is 26.2 Å². The number of hydrogen-bond acceptors (Lipinski definition) is 5. The largest absolute Gasteiger partial charge is 0.384 e. The van der Waals surface area contributed by atoms with Gasteiger partial charge in [0.15, 0.2) is 10.8 Å². The first-order chi connectivity index (χ1) is 7.47. The van der Waals surface area contributed by atoms with Gasteiger partial charge in [0.2, 0.25) is 0 Å². The van der Waals surface area contributed by atoms with Crippen LogP contribution in [0.3, 0.4) is 0 Å². The Labute approximate surface area is 98.6 Å². The zero-order chi connectivity index (χ0) is 11.8. The van der Waals surface area contributed by atoms with Gasteiger partial charge in [-0.25, -0.2) is 15.0 Å². The molecule has 0 aromatic carbocycles. The molecule has 0 radical (unpaired) electrons. The molecular formula is C11H14N4S. The molecule has 0 unspecified atom stereocenters. The molecule has 2 rings (SSSR count). The fourth-order valence-electron chi connectivity index (χ4n) is 1.28. The van der Waals surface area contributed by atoms with Crippen LogP contribution in [0.15, 0.2) is 17.6 Å². The molecule has 0 atom stereocenters. The third-order valence-electron chi connectivity index (χ3n) is 2.14. The zero-order valence-corrected chi connectivity index (χ0v) is 10.4. The van der Waals surface area contributed by atoms with Gasteiger partial charge in [0.25, 0.3) is 0 Å². The van der Waals surface area contributed by atoms with E-state index >= 15 is 0 Å². The van der Waals surface area contributed by atoms with Crippen LogP contribution in [0.4, 0.5) is 5.82 Å². The van der Waals surface area contributed by atoms with Gasteiger partial charge in [-0.2, -0.15) is 0 Å². The van der Waals surface area contributed by atoms with Gasteiger partial charge in [-0.15, -0.1) is 11.3 Å². The Morgan fingerprint density at radius 1 is 1.25 bits per heavy atom. The number of anilines is 1. The average molecular weight is 234 g/mol. The summed E-state index contributed by atoms with van der Waals surface area (Å²) in [5, 5.41) is 2.70. The van der Waals surface area contributed by atoms with Crippen molar-refractivity contribution in [1.82, 2.24) is 15.0 Å². The molecule has 84 valence electrons. The van der Waals surface area contributed by atoms with Crippen molar-refractivity contribution >= 4 is 17.2 Å². The van der Waals surface area contributed by atoms with Crippen LogP contribution in [0.1, 0.15) is 26.5 Å². The Kier molecular flexibility index (Phi) is 2.63. The van der Waals surface area contributed by atoms with E-state index in [-0.39, 0.29) is 5.41 Å². The molecular weight excluding hydrogens is 220 g/mol. The molecule has 5 heteroatoms. The summed E-state index contributed by atoms with van der Waals surface area (Å²) in [4.78, 5) is 12.9. The first-order valence-corrected chi connectivity index (χ1v) is 5.90. The maximum atomic E-state index is 5.79. The Balaban J connectivity index is 2.53. The molecule has 2 N–H and O–H groups in total. The molecule has 0 aliphatic heterocycles. The number of nitrogen functional groups attached to an aromatic ring is 1. The van der Waals surface area contributed by atoms with Crippen molar-refractivity contribution in [2.24, 2.45) is 0 Å². The summed E-state index contributed by atoms with van der Waals surface area (Å²) in [6.07, 6.45) is 1.74. The normalized spacial score (nSPS) is 11.7. The highest BCUT2D eigenvalue weighted by atomic mass is 32.1. The molecule has 0 aliphatic carbocycles. The van der Waals surface area contributed by atoms with Crippen LogP contribution in [-0.2, 0) is 5.41 Å². The Morgan fingerprint density at radius 2 is 2.00 bits per heavy atom. The summed E-state index contributed by atoms with van der Waals surface area (Å²) in [6.45, 7) is 6.29. The maximum Gasteiger partial charge on any atom is 0.190 e. The Bertz CT molecular complexity index is 485. The highest BCUT2D eigenvalue weighted by Gasteiger charge is 2.18. The number of nitrogens with two attached hydrogens (primary N) is 1. The first kappa shape index (κ1) is 11.0. The Hall–Kier alpha value is -1.49. The third kappa shape index (κ3) is 2.19. The van der Waals surface area contributed by atoms with Crippen LogP contribution in [0.5, 0.6) is 0 Å². The van der Waals surface area contributed by atoms with Crippen molar-refractivity contribution < 1.29 is 0 Å². The van der Waals surface area contributed by atoms with Crippen molar-refractivity contribution in [1.29, 1.82) is 0 Å². The summed E-state index contributed by atoms with van der Waals surface area (Å²) in [5.41, 5.74) is 6.68. The molecule has 0 saturated heterocycles. The van der Waals surface area contributed by atoms with E-state index in [1.165, 1.54) is 11.3 Å².